The lowest BCUT2D eigenvalue weighted by Gasteiger charge is -2.38. The molecule has 6 rings (SSSR count). The van der Waals surface area contributed by atoms with Gasteiger partial charge >= 0.3 is 5.97 Å². The fraction of sp³-hybridized carbons (Fsp3) is 0.207. The van der Waals surface area contributed by atoms with Gasteiger partial charge in [0.25, 0.3) is 11.8 Å². The molecule has 0 aliphatic carbocycles. The number of rotatable bonds is 2. The van der Waals surface area contributed by atoms with Gasteiger partial charge in [0.1, 0.15) is 17.1 Å². The highest BCUT2D eigenvalue weighted by molar-refractivity contribution is 6.31. The summed E-state index contributed by atoms with van der Waals surface area (Å²) < 4.78 is 11.3. The van der Waals surface area contributed by atoms with Crippen LogP contribution in [-0.4, -0.2) is 36.7 Å². The van der Waals surface area contributed by atoms with Gasteiger partial charge in [-0.25, -0.2) is 9.80 Å². The number of ether oxygens (including phenoxy) is 2. The minimum absolute atomic E-state index is 0.207. The molecule has 2 spiro atoms. The lowest BCUT2D eigenvalue weighted by Crippen LogP contribution is -2.60. The van der Waals surface area contributed by atoms with Gasteiger partial charge in [-0.1, -0.05) is 48.5 Å². The van der Waals surface area contributed by atoms with E-state index in [4.69, 9.17) is 9.47 Å². The van der Waals surface area contributed by atoms with Gasteiger partial charge in [0.15, 0.2) is 0 Å². The monoisotopic (exact) mass is 510 g/mol. The number of amides is 4. The average molecular weight is 511 g/mol. The minimum Gasteiger partial charge on any atom is -0.497 e. The van der Waals surface area contributed by atoms with Crippen molar-refractivity contribution in [3.05, 3.63) is 89.5 Å². The summed E-state index contributed by atoms with van der Waals surface area (Å²) in [5.74, 6) is -4.41. The van der Waals surface area contributed by atoms with Crippen LogP contribution in [0.1, 0.15) is 36.5 Å². The first-order valence-corrected chi connectivity index (χ1v) is 12.0. The number of methoxy groups -OCH3 is 1. The van der Waals surface area contributed by atoms with Crippen molar-refractivity contribution >= 4 is 41.0 Å². The second-order valence-corrected chi connectivity index (χ2v) is 9.47. The van der Waals surface area contributed by atoms with E-state index in [1.165, 1.54) is 21.0 Å². The van der Waals surface area contributed by atoms with Crippen LogP contribution in [0.2, 0.25) is 0 Å². The minimum atomic E-state index is -2.23. The smallest absolute Gasteiger partial charge is 0.316 e. The third kappa shape index (κ3) is 2.57. The predicted octanol–water partition coefficient (Wildman–Crippen LogP) is 2.96. The first-order valence-electron chi connectivity index (χ1n) is 12.0. The number of benzene rings is 3. The van der Waals surface area contributed by atoms with Gasteiger partial charge in [-0.15, -0.1) is 0 Å². The van der Waals surface area contributed by atoms with Crippen LogP contribution >= 0.6 is 0 Å². The molecule has 3 aliphatic heterocycles. The van der Waals surface area contributed by atoms with Crippen LogP contribution in [0.15, 0.2) is 72.8 Å². The molecule has 0 saturated carbocycles. The normalized spacial score (nSPS) is 25.1. The Bertz CT molecular complexity index is 1580. The molecule has 1 saturated heterocycles. The highest BCUT2D eigenvalue weighted by atomic mass is 16.6. The van der Waals surface area contributed by atoms with Gasteiger partial charge in [0.2, 0.25) is 17.4 Å². The van der Waals surface area contributed by atoms with Crippen LogP contribution in [0.4, 0.5) is 11.4 Å². The van der Waals surface area contributed by atoms with E-state index in [9.17, 15) is 24.0 Å². The number of anilines is 2. The molecule has 38 heavy (non-hydrogen) atoms. The van der Waals surface area contributed by atoms with E-state index in [2.05, 4.69) is 0 Å². The molecule has 4 amide bonds. The van der Waals surface area contributed by atoms with Crippen molar-refractivity contribution < 1.29 is 33.4 Å². The van der Waals surface area contributed by atoms with Gasteiger partial charge in [-0.05, 0) is 35.4 Å². The Morgan fingerprint density at radius 3 is 1.87 bits per heavy atom. The summed E-state index contributed by atoms with van der Waals surface area (Å²) in [6.07, 6.45) is 0. The molecule has 1 fully saturated rings. The van der Waals surface area contributed by atoms with Crippen molar-refractivity contribution in [1.82, 2.24) is 0 Å². The standard InChI is InChI=1S/C29H22N2O7/c1-16(32)30-22-10-6-4-8-20(22)28(26(30)35)24(18-12-14-19(37-3)15-13-18)25(34)38-29(28)21-9-5-7-11-23(21)31(17(2)33)27(29)36/h4-15,24H,1-3H3/t24-,28+,29-/m1/s1. The Morgan fingerprint density at radius 1 is 0.763 bits per heavy atom. The molecule has 3 atom stereocenters. The summed E-state index contributed by atoms with van der Waals surface area (Å²) in [5.41, 5.74) is -2.87. The van der Waals surface area contributed by atoms with Gasteiger partial charge in [-0.2, -0.15) is 0 Å². The maximum atomic E-state index is 14.7. The number of imide groups is 2. The second-order valence-electron chi connectivity index (χ2n) is 9.47. The lowest BCUT2D eigenvalue weighted by molar-refractivity contribution is -0.162. The van der Waals surface area contributed by atoms with E-state index >= 15 is 0 Å². The average Bonchev–Trinajstić information content (AvgIpc) is 3.44. The summed E-state index contributed by atoms with van der Waals surface area (Å²) in [5, 5.41) is 0. The third-order valence-electron chi connectivity index (χ3n) is 7.70. The number of esters is 1. The molecule has 190 valence electrons. The zero-order valence-electron chi connectivity index (χ0n) is 20.8. The molecule has 9 heteroatoms. The first-order chi connectivity index (χ1) is 18.2. The maximum absolute atomic E-state index is 14.7. The summed E-state index contributed by atoms with van der Waals surface area (Å²) in [7, 11) is 1.50. The quantitative estimate of drug-likeness (QED) is 0.488. The van der Waals surface area contributed by atoms with Crippen LogP contribution in [0.25, 0.3) is 0 Å². The Hall–Kier alpha value is -4.79. The number of para-hydroxylation sites is 2. The Labute approximate surface area is 217 Å². The van der Waals surface area contributed by atoms with Crippen LogP contribution in [-0.2, 0) is 39.7 Å². The van der Waals surface area contributed by atoms with Gasteiger partial charge in [0.05, 0.1) is 18.5 Å². The fourth-order valence-corrected chi connectivity index (χ4v) is 6.33. The summed E-state index contributed by atoms with van der Waals surface area (Å²) >= 11 is 0. The van der Waals surface area contributed by atoms with E-state index < -0.39 is 46.5 Å². The SMILES string of the molecule is COc1ccc([C@@H]2C(=O)O[C@]3(C(=O)N(C(C)=O)c4ccccc43)[C@]23C(=O)N(C(C)=O)c2ccccc23)cc1. The van der Waals surface area contributed by atoms with Crippen molar-refractivity contribution in [3.8, 4) is 5.75 Å². The van der Waals surface area contributed by atoms with Crippen molar-refractivity contribution in [2.24, 2.45) is 0 Å². The van der Waals surface area contributed by atoms with Gasteiger partial charge in [-0.3, -0.25) is 24.0 Å². The highest BCUT2D eigenvalue weighted by Crippen LogP contribution is 2.67. The summed E-state index contributed by atoms with van der Waals surface area (Å²) in [6.45, 7) is 2.47. The zero-order valence-corrected chi connectivity index (χ0v) is 20.8. The number of hydrogen-bond acceptors (Lipinski definition) is 7. The van der Waals surface area contributed by atoms with E-state index in [0.717, 1.165) is 9.80 Å². The molecular formula is C29H22N2O7. The Balaban J connectivity index is 1.76. The van der Waals surface area contributed by atoms with Crippen LogP contribution in [0, 0.1) is 0 Å². The first kappa shape index (κ1) is 23.6. The summed E-state index contributed by atoms with van der Waals surface area (Å²) in [6, 6.07) is 19.6. The number of hydrogen-bond donors (Lipinski definition) is 0. The molecule has 0 bridgehead atoms. The van der Waals surface area contributed by atoms with Crippen LogP contribution in [0.5, 0.6) is 5.75 Å². The summed E-state index contributed by atoms with van der Waals surface area (Å²) in [4.78, 5) is 70.6. The molecular weight excluding hydrogens is 488 g/mol. The fourth-order valence-electron chi connectivity index (χ4n) is 6.33. The molecule has 0 unspecified atom stereocenters. The zero-order chi connectivity index (χ0) is 27.0. The Kier molecular flexibility index (Phi) is 4.88. The largest absolute Gasteiger partial charge is 0.497 e. The Morgan fingerprint density at radius 2 is 1.29 bits per heavy atom. The molecule has 0 aromatic heterocycles. The van der Waals surface area contributed by atoms with E-state index in [1.54, 1.807) is 72.8 Å². The predicted molar refractivity (Wildman–Crippen MR) is 134 cm³/mol. The molecule has 3 aromatic carbocycles. The van der Waals surface area contributed by atoms with E-state index in [-0.39, 0.29) is 16.9 Å². The second kappa shape index (κ2) is 7.85. The molecule has 3 heterocycles. The van der Waals surface area contributed by atoms with Crippen molar-refractivity contribution in [1.29, 1.82) is 0 Å². The number of carbonyl (C=O) groups excluding carboxylic acids is 5. The molecule has 0 radical (unpaired) electrons. The number of fused-ring (bicyclic) bond motifs is 5. The highest BCUT2D eigenvalue weighted by Gasteiger charge is 2.82. The van der Waals surface area contributed by atoms with Crippen molar-refractivity contribution in [3.63, 3.8) is 0 Å². The molecule has 0 N–H and O–H groups in total. The molecule has 3 aliphatic rings. The van der Waals surface area contributed by atoms with Crippen molar-refractivity contribution in [2.75, 3.05) is 16.9 Å². The topological polar surface area (TPSA) is 110 Å². The van der Waals surface area contributed by atoms with Crippen molar-refractivity contribution in [2.45, 2.75) is 30.8 Å². The molecule has 9 nitrogen and oxygen atoms in total. The van der Waals surface area contributed by atoms with Crippen LogP contribution < -0.4 is 14.5 Å². The van der Waals surface area contributed by atoms with E-state index in [0.29, 0.717) is 16.9 Å². The molecule has 3 aromatic rings. The lowest BCUT2D eigenvalue weighted by atomic mass is 9.59. The van der Waals surface area contributed by atoms with E-state index in [1.807, 2.05) is 0 Å². The van der Waals surface area contributed by atoms with Crippen LogP contribution in [0.3, 0.4) is 0 Å². The van der Waals surface area contributed by atoms with Gasteiger partial charge in [0, 0.05) is 19.4 Å². The number of carbonyl (C=O) groups is 5. The van der Waals surface area contributed by atoms with Gasteiger partial charge < -0.3 is 9.47 Å². The maximum Gasteiger partial charge on any atom is 0.316 e. The third-order valence-corrected chi connectivity index (χ3v) is 7.70. The number of nitrogens with zero attached hydrogens (tertiary/aromatic N) is 2.